The van der Waals surface area contributed by atoms with Crippen molar-refractivity contribution in [2.24, 2.45) is 0 Å². The van der Waals surface area contributed by atoms with Gasteiger partial charge in [0.25, 0.3) is 0 Å². The molecule has 1 aliphatic rings. The molecule has 1 aliphatic heterocycles. The van der Waals surface area contributed by atoms with Crippen molar-refractivity contribution in [2.75, 3.05) is 33.7 Å². The molecule has 2 amide bonds. The molecule has 1 saturated heterocycles. The second-order valence-electron chi connectivity index (χ2n) is 4.61. The molecule has 0 radical (unpaired) electrons. The fraction of sp³-hybridized carbons (Fsp3) is 0.909. The van der Waals surface area contributed by atoms with Crippen molar-refractivity contribution in [3.8, 4) is 0 Å². The summed E-state index contributed by atoms with van der Waals surface area (Å²) in [6.07, 6.45) is 3.96. The number of rotatable bonds is 3. The van der Waals surface area contributed by atoms with Crippen LogP contribution in [0.2, 0.25) is 0 Å². The lowest BCUT2D eigenvalue weighted by atomic mass is 10.1. The van der Waals surface area contributed by atoms with E-state index < -0.39 is 0 Å². The van der Waals surface area contributed by atoms with Crippen molar-refractivity contribution in [3.63, 3.8) is 0 Å². The highest BCUT2D eigenvalue weighted by Crippen LogP contribution is 2.08. The van der Waals surface area contributed by atoms with Crippen LogP contribution in [0.25, 0.3) is 0 Å². The van der Waals surface area contributed by atoms with Crippen LogP contribution in [0.1, 0.15) is 26.2 Å². The molecule has 4 nitrogen and oxygen atoms in total. The van der Waals surface area contributed by atoms with E-state index in [0.29, 0.717) is 0 Å². The quantitative estimate of drug-likeness (QED) is 0.763. The number of likely N-dealkylation sites (tertiary alicyclic amines) is 1. The third kappa shape index (κ3) is 4.51. The molecule has 0 saturated carbocycles. The van der Waals surface area contributed by atoms with E-state index in [9.17, 15) is 4.79 Å². The molecule has 88 valence electrons. The molecular weight excluding hydrogens is 190 g/mol. The highest BCUT2D eigenvalue weighted by Gasteiger charge is 2.15. The summed E-state index contributed by atoms with van der Waals surface area (Å²) >= 11 is 0. The normalized spacial score (nSPS) is 19.7. The molecule has 0 aromatic rings. The molecule has 1 rings (SSSR count). The van der Waals surface area contributed by atoms with Crippen LogP contribution >= 0.6 is 0 Å². The Morgan fingerprint density at radius 2 is 1.93 bits per heavy atom. The van der Waals surface area contributed by atoms with E-state index in [1.807, 2.05) is 0 Å². The highest BCUT2D eigenvalue weighted by molar-refractivity contribution is 5.73. The molecule has 0 aromatic heterocycles. The minimum atomic E-state index is -0.000454. The van der Waals surface area contributed by atoms with E-state index in [1.165, 1.54) is 32.4 Å². The van der Waals surface area contributed by atoms with E-state index in [-0.39, 0.29) is 12.1 Å². The van der Waals surface area contributed by atoms with Gasteiger partial charge in [-0.3, -0.25) is 0 Å². The van der Waals surface area contributed by atoms with Crippen LogP contribution in [0.5, 0.6) is 0 Å². The van der Waals surface area contributed by atoms with Gasteiger partial charge in [0.15, 0.2) is 0 Å². The average Bonchev–Trinajstić information content (AvgIpc) is 2.18. The number of nitrogens with one attached hydrogen (secondary N) is 1. The first-order valence-corrected chi connectivity index (χ1v) is 5.80. The second kappa shape index (κ2) is 5.95. The van der Waals surface area contributed by atoms with Gasteiger partial charge in [0.05, 0.1) is 0 Å². The summed E-state index contributed by atoms with van der Waals surface area (Å²) in [4.78, 5) is 15.4. The number of hydrogen-bond donors (Lipinski definition) is 1. The van der Waals surface area contributed by atoms with Crippen LogP contribution in [0.15, 0.2) is 0 Å². The number of urea groups is 1. The lowest BCUT2D eigenvalue weighted by molar-refractivity contribution is 0.192. The Kier molecular flexibility index (Phi) is 4.88. The summed E-state index contributed by atoms with van der Waals surface area (Å²) in [5.41, 5.74) is 0. The number of hydrogen-bond acceptors (Lipinski definition) is 2. The van der Waals surface area contributed by atoms with Gasteiger partial charge < -0.3 is 15.1 Å². The Hall–Kier alpha value is -0.770. The predicted octanol–water partition coefficient (Wildman–Crippen LogP) is 1.13. The maximum Gasteiger partial charge on any atom is 0.317 e. The zero-order chi connectivity index (χ0) is 11.3. The van der Waals surface area contributed by atoms with Gasteiger partial charge in [-0.25, -0.2) is 4.79 Å². The van der Waals surface area contributed by atoms with E-state index in [4.69, 9.17) is 0 Å². The van der Waals surface area contributed by atoms with Crippen LogP contribution < -0.4 is 5.32 Å². The van der Waals surface area contributed by atoms with E-state index >= 15 is 0 Å². The Morgan fingerprint density at radius 3 is 2.47 bits per heavy atom. The SMILES string of the molecule is CC(CN1CCCCC1)NC(=O)N(C)C. The van der Waals surface area contributed by atoms with Crippen LogP contribution in [-0.2, 0) is 0 Å². The zero-order valence-corrected chi connectivity index (χ0v) is 10.1. The Balaban J connectivity index is 2.22. The third-order valence-electron chi connectivity index (χ3n) is 2.76. The largest absolute Gasteiger partial charge is 0.334 e. The van der Waals surface area contributed by atoms with Crippen LogP contribution in [0, 0.1) is 0 Å². The fourth-order valence-corrected chi connectivity index (χ4v) is 1.91. The van der Waals surface area contributed by atoms with Crippen molar-refractivity contribution >= 4 is 6.03 Å². The predicted molar refractivity (Wildman–Crippen MR) is 62.0 cm³/mol. The maximum atomic E-state index is 11.4. The number of nitrogens with zero attached hydrogens (tertiary/aromatic N) is 2. The molecule has 1 atom stereocenters. The molecule has 1 N–H and O–H groups in total. The molecule has 1 unspecified atom stereocenters. The number of carbonyl (C=O) groups excluding carboxylic acids is 1. The molecule has 1 fully saturated rings. The smallest absolute Gasteiger partial charge is 0.317 e. The summed E-state index contributed by atoms with van der Waals surface area (Å²) in [6.45, 7) is 5.40. The first kappa shape index (κ1) is 12.3. The van der Waals surface area contributed by atoms with Gasteiger partial charge in [0, 0.05) is 26.7 Å². The molecule has 15 heavy (non-hydrogen) atoms. The van der Waals surface area contributed by atoms with Gasteiger partial charge in [0.2, 0.25) is 0 Å². The molecule has 0 bridgehead atoms. The molecule has 0 aromatic carbocycles. The first-order valence-electron chi connectivity index (χ1n) is 5.80. The van der Waals surface area contributed by atoms with Gasteiger partial charge in [-0.05, 0) is 32.9 Å². The lowest BCUT2D eigenvalue weighted by Gasteiger charge is -2.29. The summed E-state index contributed by atoms with van der Waals surface area (Å²) in [7, 11) is 3.53. The van der Waals surface area contributed by atoms with Gasteiger partial charge in [-0.1, -0.05) is 6.42 Å². The molecule has 0 aliphatic carbocycles. The average molecular weight is 213 g/mol. The Morgan fingerprint density at radius 1 is 1.33 bits per heavy atom. The van der Waals surface area contributed by atoms with Gasteiger partial charge >= 0.3 is 6.03 Å². The van der Waals surface area contributed by atoms with Gasteiger partial charge in [0.1, 0.15) is 0 Å². The minimum absolute atomic E-state index is 0.000454. The Bertz CT molecular complexity index is 200. The fourth-order valence-electron chi connectivity index (χ4n) is 1.91. The van der Waals surface area contributed by atoms with E-state index in [1.54, 1.807) is 19.0 Å². The topological polar surface area (TPSA) is 35.6 Å². The number of amides is 2. The van der Waals surface area contributed by atoms with E-state index in [2.05, 4.69) is 17.1 Å². The van der Waals surface area contributed by atoms with Gasteiger partial charge in [-0.15, -0.1) is 0 Å². The zero-order valence-electron chi connectivity index (χ0n) is 10.1. The molecule has 1 heterocycles. The lowest BCUT2D eigenvalue weighted by Crippen LogP contribution is -2.46. The highest BCUT2D eigenvalue weighted by atomic mass is 16.2. The molecule has 0 spiro atoms. The Labute approximate surface area is 92.6 Å². The minimum Gasteiger partial charge on any atom is -0.334 e. The summed E-state index contributed by atoms with van der Waals surface area (Å²) < 4.78 is 0. The number of carbonyl (C=O) groups is 1. The summed E-state index contributed by atoms with van der Waals surface area (Å²) in [6, 6.07) is 0.234. The van der Waals surface area contributed by atoms with E-state index in [0.717, 1.165) is 6.54 Å². The van der Waals surface area contributed by atoms with Gasteiger partial charge in [-0.2, -0.15) is 0 Å². The van der Waals surface area contributed by atoms with Crippen LogP contribution in [0.4, 0.5) is 4.79 Å². The summed E-state index contributed by atoms with van der Waals surface area (Å²) in [5.74, 6) is 0. The van der Waals surface area contributed by atoms with Crippen LogP contribution in [0.3, 0.4) is 0 Å². The maximum absolute atomic E-state index is 11.4. The first-order chi connectivity index (χ1) is 7.09. The summed E-state index contributed by atoms with van der Waals surface area (Å²) in [5, 5.41) is 2.97. The van der Waals surface area contributed by atoms with Crippen molar-refractivity contribution in [3.05, 3.63) is 0 Å². The van der Waals surface area contributed by atoms with Crippen molar-refractivity contribution in [1.82, 2.24) is 15.1 Å². The van der Waals surface area contributed by atoms with Crippen LogP contribution in [-0.4, -0.2) is 55.6 Å². The molecule has 4 heteroatoms. The third-order valence-corrected chi connectivity index (χ3v) is 2.76. The van der Waals surface area contributed by atoms with Crippen molar-refractivity contribution in [2.45, 2.75) is 32.2 Å². The second-order valence-corrected chi connectivity index (χ2v) is 4.61. The standard InChI is InChI=1S/C11H23N3O/c1-10(12-11(15)13(2)3)9-14-7-5-4-6-8-14/h10H,4-9H2,1-3H3,(H,12,15). The van der Waals surface area contributed by atoms with Crippen molar-refractivity contribution < 1.29 is 4.79 Å². The molecular formula is C11H23N3O. The monoisotopic (exact) mass is 213 g/mol. The van der Waals surface area contributed by atoms with Crippen molar-refractivity contribution in [1.29, 1.82) is 0 Å². The number of piperidine rings is 1.